The molecule has 148 valence electrons. The summed E-state index contributed by atoms with van der Waals surface area (Å²) in [5.41, 5.74) is 4.43. The van der Waals surface area contributed by atoms with Crippen LogP contribution >= 0.6 is 12.2 Å². The van der Waals surface area contributed by atoms with Crippen LogP contribution in [0.2, 0.25) is 0 Å². The zero-order chi connectivity index (χ0) is 20.4. The predicted octanol–water partition coefficient (Wildman–Crippen LogP) is 5.32. The Hall–Kier alpha value is -3.19. The maximum Gasteiger partial charge on any atom is 0.216 e. The lowest BCUT2D eigenvalue weighted by atomic mass is 10.0. The quantitative estimate of drug-likeness (QED) is 0.337. The molecule has 0 aliphatic heterocycles. The Bertz CT molecular complexity index is 1210. The number of rotatable bonds is 6. The van der Waals surface area contributed by atoms with Crippen LogP contribution in [0.1, 0.15) is 42.4 Å². The lowest BCUT2D eigenvalue weighted by Gasteiger charge is -2.08. The number of nitrogens with one attached hydrogen (secondary N) is 2. The Kier molecular flexibility index (Phi) is 5.31. The first-order valence-electron chi connectivity index (χ1n) is 9.53. The molecule has 2 heterocycles. The number of aromatic nitrogens is 4. The van der Waals surface area contributed by atoms with Gasteiger partial charge in [-0.1, -0.05) is 44.2 Å². The van der Waals surface area contributed by atoms with Crippen molar-refractivity contribution in [2.75, 3.05) is 0 Å². The van der Waals surface area contributed by atoms with Gasteiger partial charge in [0, 0.05) is 22.2 Å². The molecule has 0 saturated heterocycles. The predicted molar refractivity (Wildman–Crippen MR) is 118 cm³/mol. The minimum atomic E-state index is 0.262. The number of para-hydroxylation sites is 1. The van der Waals surface area contributed by atoms with E-state index >= 15 is 0 Å². The summed E-state index contributed by atoms with van der Waals surface area (Å²) < 4.78 is 7.90. The minimum Gasteiger partial charge on any atom is -0.486 e. The van der Waals surface area contributed by atoms with Gasteiger partial charge in [-0.05, 0) is 48.8 Å². The molecule has 6 nitrogen and oxygen atoms in total. The molecule has 0 atom stereocenters. The zero-order valence-electron chi connectivity index (χ0n) is 16.6. The lowest BCUT2D eigenvalue weighted by Crippen LogP contribution is -2.04. The van der Waals surface area contributed by atoms with Crippen LogP contribution < -0.4 is 4.74 Å². The molecule has 0 radical (unpaired) electrons. The fourth-order valence-electron chi connectivity index (χ4n) is 3.21. The van der Waals surface area contributed by atoms with Crippen molar-refractivity contribution >= 4 is 29.3 Å². The monoisotopic (exact) mass is 405 g/mol. The van der Waals surface area contributed by atoms with E-state index in [1.54, 1.807) is 10.9 Å². The Morgan fingerprint density at radius 1 is 1.17 bits per heavy atom. The second-order valence-electron chi connectivity index (χ2n) is 7.22. The Labute approximate surface area is 174 Å². The van der Waals surface area contributed by atoms with Crippen LogP contribution in [0.5, 0.6) is 5.75 Å². The molecule has 0 aliphatic carbocycles. The third kappa shape index (κ3) is 4.00. The van der Waals surface area contributed by atoms with E-state index in [2.05, 4.69) is 52.3 Å². The van der Waals surface area contributed by atoms with E-state index in [4.69, 9.17) is 17.0 Å². The van der Waals surface area contributed by atoms with Gasteiger partial charge in [0.05, 0.1) is 6.21 Å². The molecule has 4 rings (SSSR count). The highest BCUT2D eigenvalue weighted by Crippen LogP contribution is 2.21. The van der Waals surface area contributed by atoms with Crippen molar-refractivity contribution < 1.29 is 4.74 Å². The van der Waals surface area contributed by atoms with Crippen molar-refractivity contribution in [1.29, 1.82) is 0 Å². The molecule has 4 aromatic rings. The number of hydrogen-bond donors (Lipinski definition) is 2. The molecule has 7 heteroatoms. The van der Waals surface area contributed by atoms with E-state index in [1.807, 2.05) is 37.3 Å². The topological polar surface area (TPSA) is 71.0 Å². The van der Waals surface area contributed by atoms with Crippen LogP contribution in [-0.2, 0) is 6.61 Å². The van der Waals surface area contributed by atoms with Crippen molar-refractivity contribution in [2.45, 2.75) is 33.3 Å². The largest absolute Gasteiger partial charge is 0.486 e. The van der Waals surface area contributed by atoms with Gasteiger partial charge in [0.2, 0.25) is 4.77 Å². The molecular formula is C22H23N5OS. The Morgan fingerprint density at radius 3 is 2.69 bits per heavy atom. The highest BCUT2D eigenvalue weighted by Gasteiger charge is 2.09. The second-order valence-corrected chi connectivity index (χ2v) is 7.61. The molecule has 2 N–H and O–H groups in total. The summed E-state index contributed by atoms with van der Waals surface area (Å²) in [4.78, 5) is 3.37. The van der Waals surface area contributed by atoms with Gasteiger partial charge in [-0.3, -0.25) is 0 Å². The van der Waals surface area contributed by atoms with E-state index in [0.717, 1.165) is 27.9 Å². The van der Waals surface area contributed by atoms with Gasteiger partial charge in [-0.15, -0.1) is 0 Å². The number of ether oxygens (including phenoxy) is 1. The molecule has 0 bridgehead atoms. The lowest BCUT2D eigenvalue weighted by molar-refractivity contribution is 0.290. The van der Waals surface area contributed by atoms with Crippen molar-refractivity contribution in [3.63, 3.8) is 0 Å². The van der Waals surface area contributed by atoms with Crippen molar-refractivity contribution in [3.8, 4) is 5.75 Å². The molecule has 0 amide bonds. The van der Waals surface area contributed by atoms with Crippen LogP contribution in [0, 0.1) is 11.7 Å². The average Bonchev–Trinajstić information content (AvgIpc) is 3.23. The zero-order valence-corrected chi connectivity index (χ0v) is 17.5. The van der Waals surface area contributed by atoms with Crippen LogP contribution in [0.25, 0.3) is 10.9 Å². The van der Waals surface area contributed by atoms with Crippen molar-refractivity contribution in [3.05, 3.63) is 75.9 Å². The number of H-pyrrole nitrogens is 2. The molecule has 0 aliphatic rings. The molecular weight excluding hydrogens is 382 g/mol. The van der Waals surface area contributed by atoms with Crippen LogP contribution in [0.4, 0.5) is 0 Å². The standard InChI is InChI=1S/C22H23N5OS/c1-14(2)16-8-10-17(11-9-16)28-13-21-25-26-22(29)27(21)23-12-19-15(3)24-20-7-5-4-6-18(19)20/h4-12,14,24H,13H2,1-3H3,(H,26,29)/b23-12+. The molecule has 0 unspecified atom stereocenters. The molecule has 0 saturated carbocycles. The summed E-state index contributed by atoms with van der Waals surface area (Å²) >= 11 is 5.34. The third-order valence-corrected chi connectivity index (χ3v) is 5.14. The summed E-state index contributed by atoms with van der Waals surface area (Å²) in [7, 11) is 0. The fraction of sp³-hybridized carbons (Fsp3) is 0.227. The van der Waals surface area contributed by atoms with E-state index in [0.29, 0.717) is 16.5 Å². The Balaban J connectivity index is 1.55. The maximum atomic E-state index is 5.88. The second kappa shape index (κ2) is 8.05. The number of nitrogens with zero attached hydrogens (tertiary/aromatic N) is 3. The highest BCUT2D eigenvalue weighted by atomic mass is 32.1. The van der Waals surface area contributed by atoms with E-state index < -0.39 is 0 Å². The normalized spacial score (nSPS) is 11.7. The number of fused-ring (bicyclic) bond motifs is 1. The third-order valence-electron chi connectivity index (χ3n) is 4.88. The average molecular weight is 406 g/mol. The van der Waals surface area contributed by atoms with Gasteiger partial charge in [-0.2, -0.15) is 14.9 Å². The fourth-order valence-corrected chi connectivity index (χ4v) is 3.41. The molecule has 29 heavy (non-hydrogen) atoms. The number of aromatic amines is 2. The van der Waals surface area contributed by atoms with E-state index in [-0.39, 0.29) is 6.61 Å². The van der Waals surface area contributed by atoms with Crippen LogP contribution in [-0.4, -0.2) is 26.1 Å². The number of benzene rings is 2. The SMILES string of the molecule is Cc1[nH]c2ccccc2c1/C=N/n1c(COc2ccc(C(C)C)cc2)n[nH]c1=S. The first-order valence-corrected chi connectivity index (χ1v) is 9.94. The van der Waals surface area contributed by atoms with Crippen LogP contribution in [0.3, 0.4) is 0 Å². The van der Waals surface area contributed by atoms with E-state index in [1.165, 1.54) is 5.56 Å². The number of hydrogen-bond acceptors (Lipinski definition) is 4. The summed E-state index contributed by atoms with van der Waals surface area (Å²) in [5, 5.41) is 12.7. The van der Waals surface area contributed by atoms with Crippen molar-refractivity contribution in [1.82, 2.24) is 19.9 Å². The molecule has 0 fully saturated rings. The Morgan fingerprint density at radius 2 is 1.93 bits per heavy atom. The van der Waals surface area contributed by atoms with Crippen molar-refractivity contribution in [2.24, 2.45) is 5.10 Å². The molecule has 2 aromatic carbocycles. The molecule has 0 spiro atoms. The smallest absolute Gasteiger partial charge is 0.216 e. The highest BCUT2D eigenvalue weighted by molar-refractivity contribution is 7.71. The summed E-state index contributed by atoms with van der Waals surface area (Å²) in [6.45, 7) is 6.63. The first-order chi connectivity index (χ1) is 14.0. The molecule has 2 aromatic heterocycles. The maximum absolute atomic E-state index is 5.88. The summed E-state index contributed by atoms with van der Waals surface area (Å²) in [5.74, 6) is 1.88. The summed E-state index contributed by atoms with van der Waals surface area (Å²) in [6.07, 6.45) is 1.81. The van der Waals surface area contributed by atoms with Gasteiger partial charge < -0.3 is 9.72 Å². The summed E-state index contributed by atoms with van der Waals surface area (Å²) in [6, 6.07) is 16.2. The van der Waals surface area contributed by atoms with Gasteiger partial charge in [0.15, 0.2) is 5.82 Å². The number of aryl methyl sites for hydroxylation is 1. The van der Waals surface area contributed by atoms with Crippen LogP contribution in [0.15, 0.2) is 53.6 Å². The van der Waals surface area contributed by atoms with E-state index in [9.17, 15) is 0 Å². The first kappa shape index (κ1) is 19.1. The van der Waals surface area contributed by atoms with Gasteiger partial charge in [0.25, 0.3) is 0 Å². The van der Waals surface area contributed by atoms with Gasteiger partial charge in [0.1, 0.15) is 12.4 Å². The minimum absolute atomic E-state index is 0.262. The van der Waals surface area contributed by atoms with Gasteiger partial charge >= 0.3 is 0 Å². The van der Waals surface area contributed by atoms with Gasteiger partial charge in [-0.25, -0.2) is 5.10 Å².